The Hall–Kier alpha value is -2.12. The Labute approximate surface area is 125 Å². The molecule has 1 unspecified atom stereocenters. The predicted molar refractivity (Wildman–Crippen MR) is 75.2 cm³/mol. The topological polar surface area (TPSA) is 46.8 Å². The molecular weight excluding hydrogens is 295 g/mol. The Morgan fingerprint density at radius 1 is 1.32 bits per heavy atom. The highest BCUT2D eigenvalue weighted by Crippen LogP contribution is 2.34. The van der Waals surface area contributed by atoms with Crippen LogP contribution in [0, 0.1) is 5.92 Å². The quantitative estimate of drug-likeness (QED) is 0.855. The fraction of sp³-hybridized carbons (Fsp3) is 0.500. The van der Waals surface area contributed by atoms with Crippen molar-refractivity contribution in [1.29, 1.82) is 0 Å². The van der Waals surface area contributed by atoms with Crippen LogP contribution >= 0.6 is 0 Å². The second-order valence-corrected chi connectivity index (χ2v) is 5.47. The summed E-state index contributed by atoms with van der Waals surface area (Å²) < 4.78 is 40.3. The highest BCUT2D eigenvalue weighted by Gasteiger charge is 2.42. The second kappa shape index (κ2) is 5.58. The number of anilines is 1. The van der Waals surface area contributed by atoms with E-state index in [1.54, 1.807) is 41.3 Å². The van der Waals surface area contributed by atoms with Crippen LogP contribution in [0.25, 0.3) is 11.3 Å². The number of halogens is 3. The summed E-state index contributed by atoms with van der Waals surface area (Å²) in [7, 11) is 1.80. The van der Waals surface area contributed by atoms with E-state index in [9.17, 15) is 13.2 Å². The number of aryl methyl sites for hydroxylation is 1. The molecule has 3 rings (SSSR count). The molecule has 1 fully saturated rings. The van der Waals surface area contributed by atoms with Crippen LogP contribution in [-0.4, -0.2) is 39.0 Å². The summed E-state index contributed by atoms with van der Waals surface area (Å²) in [5.41, 5.74) is 1.47. The first-order valence-electron chi connectivity index (χ1n) is 7.07. The molecule has 0 saturated carbocycles. The number of hydrogen-bond acceptors (Lipinski definition) is 4. The average Bonchev–Trinajstić information content (AvgIpc) is 2.93. The first-order valence-corrected chi connectivity index (χ1v) is 7.07. The molecule has 3 heterocycles. The minimum Gasteiger partial charge on any atom is -0.340 e. The number of rotatable bonds is 2. The van der Waals surface area contributed by atoms with Gasteiger partial charge in [0.1, 0.15) is 0 Å². The third kappa shape index (κ3) is 3.05. The lowest BCUT2D eigenvalue weighted by molar-refractivity contribution is -0.176. The maximum absolute atomic E-state index is 12.9. The van der Waals surface area contributed by atoms with E-state index in [0.717, 1.165) is 5.56 Å². The SMILES string of the molecule is Cn1cc(-c2ccnc(N3CCCC(C(F)(F)F)C3)n2)cn1. The highest BCUT2D eigenvalue weighted by molar-refractivity contribution is 5.58. The van der Waals surface area contributed by atoms with E-state index in [1.165, 1.54) is 0 Å². The molecule has 1 saturated heterocycles. The molecule has 0 bridgehead atoms. The molecule has 8 heteroatoms. The highest BCUT2D eigenvalue weighted by atomic mass is 19.4. The maximum atomic E-state index is 12.9. The fourth-order valence-corrected chi connectivity index (χ4v) is 2.64. The Balaban J connectivity index is 1.83. The zero-order valence-electron chi connectivity index (χ0n) is 12.1. The van der Waals surface area contributed by atoms with Crippen molar-refractivity contribution in [2.24, 2.45) is 13.0 Å². The molecule has 22 heavy (non-hydrogen) atoms. The third-order valence-corrected chi connectivity index (χ3v) is 3.81. The lowest BCUT2D eigenvalue weighted by atomic mass is 9.98. The second-order valence-electron chi connectivity index (χ2n) is 5.47. The van der Waals surface area contributed by atoms with Crippen molar-refractivity contribution in [3.63, 3.8) is 0 Å². The molecule has 2 aromatic heterocycles. The molecule has 0 radical (unpaired) electrons. The first kappa shape index (κ1) is 14.8. The van der Waals surface area contributed by atoms with E-state index < -0.39 is 12.1 Å². The van der Waals surface area contributed by atoms with Gasteiger partial charge in [-0.25, -0.2) is 9.97 Å². The number of hydrogen-bond donors (Lipinski definition) is 0. The number of piperidine rings is 1. The first-order chi connectivity index (χ1) is 10.4. The van der Waals surface area contributed by atoms with Gasteiger partial charge in [-0.1, -0.05) is 0 Å². The van der Waals surface area contributed by atoms with Crippen molar-refractivity contribution in [3.8, 4) is 11.3 Å². The normalized spacial score (nSPS) is 19.5. The summed E-state index contributed by atoms with van der Waals surface area (Å²) in [6, 6.07) is 1.73. The van der Waals surface area contributed by atoms with Crippen molar-refractivity contribution in [1.82, 2.24) is 19.7 Å². The Morgan fingerprint density at radius 3 is 2.82 bits per heavy atom. The van der Waals surface area contributed by atoms with Crippen molar-refractivity contribution in [2.75, 3.05) is 18.0 Å². The molecule has 1 atom stereocenters. The smallest absolute Gasteiger partial charge is 0.340 e. The van der Waals surface area contributed by atoms with Gasteiger partial charge in [0, 0.05) is 38.1 Å². The van der Waals surface area contributed by atoms with E-state index in [1.807, 2.05) is 0 Å². The van der Waals surface area contributed by atoms with Gasteiger partial charge in [-0.15, -0.1) is 0 Å². The van der Waals surface area contributed by atoms with Gasteiger partial charge in [-0.2, -0.15) is 18.3 Å². The van der Waals surface area contributed by atoms with Gasteiger partial charge in [0.25, 0.3) is 0 Å². The summed E-state index contributed by atoms with van der Waals surface area (Å²) in [5, 5.41) is 4.07. The molecule has 5 nitrogen and oxygen atoms in total. The zero-order chi connectivity index (χ0) is 15.7. The van der Waals surface area contributed by atoms with Crippen LogP contribution < -0.4 is 4.90 Å². The van der Waals surface area contributed by atoms with Crippen molar-refractivity contribution < 1.29 is 13.2 Å². The lowest BCUT2D eigenvalue weighted by Gasteiger charge is -2.33. The van der Waals surface area contributed by atoms with Gasteiger partial charge in [0.05, 0.1) is 17.8 Å². The molecule has 2 aromatic rings. The standard InChI is InChI=1S/C14H16F3N5/c1-21-8-10(7-19-21)12-4-5-18-13(20-12)22-6-2-3-11(9-22)14(15,16)17/h4-5,7-8,11H,2-3,6,9H2,1H3. The Bertz CT molecular complexity index is 652. The summed E-state index contributed by atoms with van der Waals surface area (Å²) >= 11 is 0. The van der Waals surface area contributed by atoms with E-state index in [-0.39, 0.29) is 13.0 Å². The molecule has 0 spiro atoms. The van der Waals surface area contributed by atoms with E-state index in [4.69, 9.17) is 0 Å². The molecule has 0 amide bonds. The van der Waals surface area contributed by atoms with Gasteiger partial charge >= 0.3 is 6.18 Å². The van der Waals surface area contributed by atoms with Crippen molar-refractivity contribution in [3.05, 3.63) is 24.7 Å². The molecule has 0 aromatic carbocycles. The van der Waals surface area contributed by atoms with Crippen LogP contribution in [0.5, 0.6) is 0 Å². The molecular formula is C14H16F3N5. The van der Waals surface area contributed by atoms with Crippen LogP contribution in [0.2, 0.25) is 0 Å². The van der Waals surface area contributed by atoms with Crippen LogP contribution in [-0.2, 0) is 7.05 Å². The zero-order valence-corrected chi connectivity index (χ0v) is 12.1. The summed E-state index contributed by atoms with van der Waals surface area (Å²) in [6.45, 7) is 0.461. The molecule has 0 aliphatic carbocycles. The van der Waals surface area contributed by atoms with Crippen LogP contribution in [0.1, 0.15) is 12.8 Å². The predicted octanol–water partition coefficient (Wildman–Crippen LogP) is 2.66. The van der Waals surface area contributed by atoms with Gasteiger partial charge < -0.3 is 4.90 Å². The number of nitrogens with zero attached hydrogens (tertiary/aromatic N) is 5. The minimum absolute atomic E-state index is 0.0833. The van der Waals surface area contributed by atoms with Crippen LogP contribution in [0.15, 0.2) is 24.7 Å². The van der Waals surface area contributed by atoms with Gasteiger partial charge in [-0.3, -0.25) is 4.68 Å². The largest absolute Gasteiger partial charge is 0.393 e. The molecule has 118 valence electrons. The summed E-state index contributed by atoms with van der Waals surface area (Å²) in [6.07, 6.45) is 1.54. The molecule has 0 N–H and O–H groups in total. The molecule has 1 aliphatic heterocycles. The van der Waals surface area contributed by atoms with Gasteiger partial charge in [0.15, 0.2) is 0 Å². The van der Waals surface area contributed by atoms with E-state index >= 15 is 0 Å². The Morgan fingerprint density at radius 2 is 2.14 bits per heavy atom. The van der Waals surface area contributed by atoms with Crippen molar-refractivity contribution >= 4 is 5.95 Å². The third-order valence-electron chi connectivity index (χ3n) is 3.81. The van der Waals surface area contributed by atoms with E-state index in [0.29, 0.717) is 24.6 Å². The van der Waals surface area contributed by atoms with Crippen molar-refractivity contribution in [2.45, 2.75) is 19.0 Å². The monoisotopic (exact) mass is 311 g/mol. The Kier molecular flexibility index (Phi) is 3.76. The summed E-state index contributed by atoms with van der Waals surface area (Å²) in [4.78, 5) is 10.1. The number of aromatic nitrogens is 4. The van der Waals surface area contributed by atoms with Gasteiger partial charge in [0.2, 0.25) is 5.95 Å². The lowest BCUT2D eigenvalue weighted by Crippen LogP contribution is -2.42. The average molecular weight is 311 g/mol. The minimum atomic E-state index is -4.17. The molecule has 1 aliphatic rings. The fourth-order valence-electron chi connectivity index (χ4n) is 2.64. The van der Waals surface area contributed by atoms with Crippen LogP contribution in [0.3, 0.4) is 0 Å². The van der Waals surface area contributed by atoms with Gasteiger partial charge in [-0.05, 0) is 18.9 Å². The summed E-state index contributed by atoms with van der Waals surface area (Å²) in [5.74, 6) is -0.970. The van der Waals surface area contributed by atoms with Crippen LogP contribution in [0.4, 0.5) is 19.1 Å². The maximum Gasteiger partial charge on any atom is 0.393 e. The number of alkyl halides is 3. The van der Waals surface area contributed by atoms with E-state index in [2.05, 4.69) is 15.1 Å².